The number of halogens is 3. The van der Waals surface area contributed by atoms with Crippen LogP contribution in [0, 0.1) is 0 Å². The van der Waals surface area contributed by atoms with Crippen LogP contribution in [-0.4, -0.2) is 22.9 Å². The van der Waals surface area contributed by atoms with Gasteiger partial charge in [0.2, 0.25) is 5.91 Å². The summed E-state index contributed by atoms with van der Waals surface area (Å²) in [7, 11) is 0. The van der Waals surface area contributed by atoms with Gasteiger partial charge in [-0.25, -0.2) is 0 Å². The second kappa shape index (κ2) is 5.94. The molecule has 4 N–H and O–H groups in total. The molecule has 1 aliphatic rings. The summed E-state index contributed by atoms with van der Waals surface area (Å²) in [5.74, 6) is -0.316. The number of thioether (sulfide) groups is 1. The normalized spacial score (nSPS) is 18.5. The molecule has 0 radical (unpaired) electrons. The molecule has 0 spiro atoms. The minimum Gasteiger partial charge on any atom is -0.334 e. The lowest BCUT2D eigenvalue weighted by Gasteiger charge is -2.14. The number of nitrogens with two attached hydrogens (primary N) is 1. The van der Waals surface area contributed by atoms with E-state index in [-0.39, 0.29) is 28.8 Å². The number of hydrogen-bond donors (Lipinski definition) is 3. The minimum atomic E-state index is -4.53. The highest BCUT2D eigenvalue weighted by molar-refractivity contribution is 8.14. The molecule has 2 amide bonds. The van der Waals surface area contributed by atoms with E-state index >= 15 is 0 Å². The summed E-state index contributed by atoms with van der Waals surface area (Å²) in [6.45, 7) is -0.0805. The number of hydrogen-bond acceptors (Lipinski definition) is 4. The third-order valence-corrected chi connectivity index (χ3v) is 3.69. The summed E-state index contributed by atoms with van der Waals surface area (Å²) in [6, 6.07) is 2.39. The van der Waals surface area contributed by atoms with E-state index < -0.39 is 23.7 Å². The monoisotopic (exact) mass is 319 g/mol. The SMILES string of the molecule is NCc1cc(NC(=O)[C@@H]2CSC(=O)N2)cc(C(F)(F)F)c1. The summed E-state index contributed by atoms with van der Waals surface area (Å²) in [4.78, 5) is 22.9. The Labute approximate surface area is 122 Å². The Morgan fingerprint density at radius 2 is 2.14 bits per heavy atom. The molecule has 1 atom stereocenters. The van der Waals surface area contributed by atoms with Gasteiger partial charge in [-0.05, 0) is 23.8 Å². The largest absolute Gasteiger partial charge is 0.416 e. The summed E-state index contributed by atoms with van der Waals surface area (Å²) in [5.41, 5.74) is 4.73. The van der Waals surface area contributed by atoms with Gasteiger partial charge < -0.3 is 16.4 Å². The maximum atomic E-state index is 12.8. The van der Waals surface area contributed by atoms with E-state index in [4.69, 9.17) is 5.73 Å². The summed E-state index contributed by atoms with van der Waals surface area (Å²) < 4.78 is 38.3. The van der Waals surface area contributed by atoms with Crippen molar-refractivity contribution in [1.82, 2.24) is 5.32 Å². The Balaban J connectivity index is 2.19. The van der Waals surface area contributed by atoms with Crippen LogP contribution in [-0.2, 0) is 17.5 Å². The van der Waals surface area contributed by atoms with Crippen molar-refractivity contribution in [1.29, 1.82) is 0 Å². The smallest absolute Gasteiger partial charge is 0.334 e. The Morgan fingerprint density at radius 1 is 1.43 bits per heavy atom. The van der Waals surface area contributed by atoms with E-state index in [1.54, 1.807) is 0 Å². The molecule has 0 aromatic heterocycles. The number of carbonyl (C=O) groups excluding carboxylic acids is 2. The minimum absolute atomic E-state index is 0.00132. The first-order valence-corrected chi connectivity index (χ1v) is 6.93. The van der Waals surface area contributed by atoms with Gasteiger partial charge >= 0.3 is 6.18 Å². The lowest BCUT2D eigenvalue weighted by atomic mass is 10.1. The molecule has 1 aromatic carbocycles. The maximum absolute atomic E-state index is 12.8. The number of amides is 2. The highest BCUT2D eigenvalue weighted by Gasteiger charge is 2.32. The van der Waals surface area contributed by atoms with E-state index in [9.17, 15) is 22.8 Å². The highest BCUT2D eigenvalue weighted by Crippen LogP contribution is 2.32. The van der Waals surface area contributed by atoms with Crippen LogP contribution in [0.15, 0.2) is 18.2 Å². The van der Waals surface area contributed by atoms with Gasteiger partial charge in [0, 0.05) is 18.0 Å². The zero-order valence-corrected chi connectivity index (χ0v) is 11.5. The van der Waals surface area contributed by atoms with E-state index in [0.717, 1.165) is 23.9 Å². The number of rotatable bonds is 3. The van der Waals surface area contributed by atoms with Gasteiger partial charge in [0.05, 0.1) is 5.56 Å². The van der Waals surface area contributed by atoms with Crippen molar-refractivity contribution >= 4 is 28.6 Å². The quantitative estimate of drug-likeness (QED) is 0.795. The van der Waals surface area contributed by atoms with Gasteiger partial charge in [-0.15, -0.1) is 0 Å². The molecular formula is C12H12F3N3O2S. The zero-order valence-electron chi connectivity index (χ0n) is 10.7. The van der Waals surface area contributed by atoms with Crippen molar-refractivity contribution in [3.8, 4) is 0 Å². The lowest BCUT2D eigenvalue weighted by molar-refractivity contribution is -0.137. The molecule has 1 fully saturated rings. The summed E-state index contributed by atoms with van der Waals surface area (Å²) in [6.07, 6.45) is -4.53. The molecule has 1 aliphatic heterocycles. The molecule has 2 rings (SSSR count). The number of anilines is 1. The first kappa shape index (κ1) is 15.6. The molecule has 0 bridgehead atoms. The van der Waals surface area contributed by atoms with Crippen molar-refractivity contribution in [3.63, 3.8) is 0 Å². The fraction of sp³-hybridized carbons (Fsp3) is 0.333. The second-order valence-electron chi connectivity index (χ2n) is 4.41. The molecule has 0 saturated carbocycles. The maximum Gasteiger partial charge on any atom is 0.416 e. The zero-order chi connectivity index (χ0) is 15.6. The second-order valence-corrected chi connectivity index (χ2v) is 5.40. The van der Waals surface area contributed by atoms with Crippen LogP contribution < -0.4 is 16.4 Å². The molecule has 9 heteroatoms. The predicted octanol–water partition coefficient (Wildman–Crippen LogP) is 1.93. The molecule has 0 aliphatic carbocycles. The van der Waals surface area contributed by atoms with Crippen LogP contribution in [0.3, 0.4) is 0 Å². The van der Waals surface area contributed by atoms with Crippen LogP contribution in [0.2, 0.25) is 0 Å². The van der Waals surface area contributed by atoms with Crippen molar-refractivity contribution < 1.29 is 22.8 Å². The van der Waals surface area contributed by atoms with E-state index in [2.05, 4.69) is 10.6 Å². The standard InChI is InChI=1S/C12H12F3N3O2S/c13-12(14,15)7-1-6(4-16)2-8(3-7)17-10(19)9-5-21-11(20)18-9/h1-3,9H,4-5,16H2,(H,17,19)(H,18,20)/t9-/m0/s1. The molecule has 1 aromatic rings. The molecule has 1 saturated heterocycles. The highest BCUT2D eigenvalue weighted by atomic mass is 32.2. The van der Waals surface area contributed by atoms with Gasteiger partial charge in [0.1, 0.15) is 6.04 Å². The number of alkyl halides is 3. The average molecular weight is 319 g/mol. The molecule has 5 nitrogen and oxygen atoms in total. The van der Waals surface area contributed by atoms with Crippen molar-refractivity contribution in [3.05, 3.63) is 29.3 Å². The molecular weight excluding hydrogens is 307 g/mol. The first-order valence-electron chi connectivity index (χ1n) is 5.95. The van der Waals surface area contributed by atoms with Crippen LogP contribution in [0.1, 0.15) is 11.1 Å². The Morgan fingerprint density at radius 3 is 2.67 bits per heavy atom. The van der Waals surface area contributed by atoms with Gasteiger partial charge in [-0.2, -0.15) is 13.2 Å². The summed E-state index contributed by atoms with van der Waals surface area (Å²) >= 11 is 0.948. The van der Waals surface area contributed by atoms with Gasteiger partial charge in [0.15, 0.2) is 0 Å². The topological polar surface area (TPSA) is 84.2 Å². The average Bonchev–Trinajstić information content (AvgIpc) is 2.84. The Hall–Kier alpha value is -1.74. The van der Waals surface area contributed by atoms with Crippen LogP contribution in [0.4, 0.5) is 23.7 Å². The summed E-state index contributed by atoms with van der Waals surface area (Å²) in [5, 5.41) is 4.45. The van der Waals surface area contributed by atoms with Gasteiger partial charge in [-0.3, -0.25) is 9.59 Å². The molecule has 0 unspecified atom stereocenters. The third-order valence-electron chi connectivity index (χ3n) is 2.81. The van der Waals surface area contributed by atoms with E-state index in [1.807, 2.05) is 0 Å². The fourth-order valence-electron chi connectivity index (χ4n) is 1.80. The molecule has 21 heavy (non-hydrogen) atoms. The van der Waals surface area contributed by atoms with Gasteiger partial charge in [-0.1, -0.05) is 11.8 Å². The number of benzene rings is 1. The first-order chi connectivity index (χ1) is 9.79. The number of carbonyl (C=O) groups is 2. The Kier molecular flexibility index (Phi) is 4.43. The van der Waals surface area contributed by atoms with Crippen LogP contribution >= 0.6 is 11.8 Å². The Bertz CT molecular complexity index is 577. The van der Waals surface area contributed by atoms with Crippen molar-refractivity contribution in [2.45, 2.75) is 18.8 Å². The van der Waals surface area contributed by atoms with Crippen molar-refractivity contribution in [2.24, 2.45) is 5.73 Å². The lowest BCUT2D eigenvalue weighted by Crippen LogP contribution is -2.38. The third kappa shape index (κ3) is 3.88. The van der Waals surface area contributed by atoms with Crippen LogP contribution in [0.5, 0.6) is 0 Å². The number of nitrogens with one attached hydrogen (secondary N) is 2. The predicted molar refractivity (Wildman–Crippen MR) is 72.7 cm³/mol. The fourth-order valence-corrected chi connectivity index (χ4v) is 2.58. The molecule has 114 valence electrons. The van der Waals surface area contributed by atoms with Crippen LogP contribution in [0.25, 0.3) is 0 Å². The van der Waals surface area contributed by atoms with E-state index in [0.29, 0.717) is 0 Å². The van der Waals surface area contributed by atoms with Crippen molar-refractivity contribution in [2.75, 3.05) is 11.1 Å². The molecule has 1 heterocycles. The van der Waals surface area contributed by atoms with Gasteiger partial charge in [0.25, 0.3) is 5.24 Å². The van der Waals surface area contributed by atoms with E-state index in [1.165, 1.54) is 6.07 Å².